The minimum atomic E-state index is -2.60. The number of methoxy groups -OCH3 is 1. The molecule has 1 heterocycles. The quantitative estimate of drug-likeness (QED) is 0.635. The van der Waals surface area contributed by atoms with E-state index in [4.69, 9.17) is 0 Å². The zero-order chi connectivity index (χ0) is 12.9. The predicted octanol–water partition coefficient (Wildman–Crippen LogP) is 1.29. The van der Waals surface area contributed by atoms with Crippen LogP contribution in [0.25, 0.3) is 0 Å². The molecule has 1 rings (SSSR count). The number of pyridine rings is 1. The van der Waals surface area contributed by atoms with Crippen LogP contribution < -0.4 is 5.32 Å². The molecule has 0 bridgehead atoms. The Kier molecular flexibility index (Phi) is 4.85. The molecular weight excluding hydrogens is 239 g/mol. The molecule has 0 radical (unpaired) electrons. The van der Waals surface area contributed by atoms with E-state index < -0.39 is 18.9 Å². The predicted molar refractivity (Wildman–Crippen MR) is 66.3 cm³/mol. The SMILES string of the molecule is COC(=O)C(NCc1ccccn1)P(C)(C)=O. The lowest BCUT2D eigenvalue weighted by atomic mass is 10.3. The Bertz CT molecular complexity index is 416. The highest BCUT2D eigenvalue weighted by molar-refractivity contribution is 7.64. The van der Waals surface area contributed by atoms with Crippen molar-refractivity contribution >= 4 is 13.1 Å². The van der Waals surface area contributed by atoms with E-state index in [9.17, 15) is 9.36 Å². The number of carbonyl (C=O) groups excluding carboxylic acids is 1. The Morgan fingerprint density at radius 3 is 2.71 bits per heavy atom. The Morgan fingerprint density at radius 1 is 1.53 bits per heavy atom. The molecule has 0 fully saturated rings. The molecule has 5 nitrogen and oxygen atoms in total. The van der Waals surface area contributed by atoms with Gasteiger partial charge in [0.2, 0.25) is 0 Å². The monoisotopic (exact) mass is 256 g/mol. The van der Waals surface area contributed by atoms with Crippen LogP contribution in [-0.4, -0.2) is 37.2 Å². The summed E-state index contributed by atoms with van der Waals surface area (Å²) in [5, 5.41) is 2.93. The van der Waals surface area contributed by atoms with Crippen LogP contribution in [0, 0.1) is 0 Å². The molecule has 17 heavy (non-hydrogen) atoms. The van der Waals surface area contributed by atoms with Gasteiger partial charge in [-0.25, -0.2) is 4.79 Å². The molecule has 1 N–H and O–H groups in total. The Balaban J connectivity index is 2.69. The summed E-state index contributed by atoms with van der Waals surface area (Å²) in [6.45, 7) is 3.49. The van der Waals surface area contributed by atoms with E-state index in [2.05, 4.69) is 15.0 Å². The van der Waals surface area contributed by atoms with Crippen molar-refractivity contribution < 1.29 is 14.1 Å². The summed E-state index contributed by atoms with van der Waals surface area (Å²) in [5.41, 5.74) is 0.787. The minimum Gasteiger partial charge on any atom is -0.467 e. The van der Waals surface area contributed by atoms with E-state index in [-0.39, 0.29) is 0 Å². The molecular formula is C11H17N2O3P. The highest BCUT2D eigenvalue weighted by Crippen LogP contribution is 2.41. The van der Waals surface area contributed by atoms with Gasteiger partial charge in [0.15, 0.2) is 5.78 Å². The third-order valence-electron chi connectivity index (χ3n) is 2.25. The average Bonchev–Trinajstić information content (AvgIpc) is 2.28. The number of nitrogens with one attached hydrogen (secondary N) is 1. The van der Waals surface area contributed by atoms with E-state index in [1.54, 1.807) is 19.5 Å². The first-order valence-corrected chi connectivity index (χ1v) is 7.88. The summed E-state index contributed by atoms with van der Waals surface area (Å²) in [6.07, 6.45) is 1.67. The van der Waals surface area contributed by atoms with Crippen LogP contribution in [-0.2, 0) is 20.6 Å². The molecule has 1 aromatic rings. The molecule has 0 aliphatic heterocycles. The van der Waals surface area contributed by atoms with Gasteiger partial charge in [0.1, 0.15) is 7.14 Å². The van der Waals surface area contributed by atoms with Crippen molar-refractivity contribution in [2.75, 3.05) is 20.4 Å². The molecule has 0 aliphatic carbocycles. The van der Waals surface area contributed by atoms with Gasteiger partial charge in [-0.3, -0.25) is 10.3 Å². The van der Waals surface area contributed by atoms with Crippen LogP contribution in [0.4, 0.5) is 0 Å². The first kappa shape index (κ1) is 13.9. The number of carbonyl (C=O) groups is 1. The van der Waals surface area contributed by atoms with E-state index in [1.807, 2.05) is 18.2 Å². The molecule has 94 valence electrons. The van der Waals surface area contributed by atoms with Crippen molar-refractivity contribution in [1.29, 1.82) is 0 Å². The van der Waals surface area contributed by atoms with Gasteiger partial charge in [-0.05, 0) is 25.5 Å². The minimum absolute atomic E-state index is 0.381. The second-order valence-electron chi connectivity index (χ2n) is 4.06. The highest BCUT2D eigenvalue weighted by Gasteiger charge is 2.30. The van der Waals surface area contributed by atoms with Gasteiger partial charge >= 0.3 is 5.97 Å². The summed E-state index contributed by atoms with van der Waals surface area (Å²) in [7, 11) is -1.31. The van der Waals surface area contributed by atoms with E-state index in [1.165, 1.54) is 7.11 Å². The lowest BCUT2D eigenvalue weighted by Crippen LogP contribution is -2.36. The Labute approximate surface area is 101 Å². The van der Waals surface area contributed by atoms with E-state index in [0.29, 0.717) is 6.54 Å². The summed E-state index contributed by atoms with van der Waals surface area (Å²) < 4.78 is 16.6. The molecule has 0 aliphatic rings. The number of nitrogens with zero attached hydrogens (tertiary/aromatic N) is 1. The molecule has 1 unspecified atom stereocenters. The fourth-order valence-corrected chi connectivity index (χ4v) is 2.52. The van der Waals surface area contributed by atoms with Crippen molar-refractivity contribution in [2.24, 2.45) is 0 Å². The summed E-state index contributed by atoms with van der Waals surface area (Å²) >= 11 is 0. The summed E-state index contributed by atoms with van der Waals surface area (Å²) in [5.74, 6) is -1.29. The zero-order valence-electron chi connectivity index (χ0n) is 10.2. The molecule has 0 saturated carbocycles. The van der Waals surface area contributed by atoms with Gasteiger partial charge in [0.05, 0.1) is 12.8 Å². The smallest absolute Gasteiger partial charge is 0.330 e. The molecule has 0 saturated heterocycles. The second-order valence-corrected chi connectivity index (χ2v) is 7.45. The fourth-order valence-electron chi connectivity index (χ4n) is 1.37. The number of rotatable bonds is 5. The van der Waals surface area contributed by atoms with Gasteiger partial charge in [-0.15, -0.1) is 0 Å². The number of hydrogen-bond donors (Lipinski definition) is 1. The molecule has 1 atom stereocenters. The maximum absolute atomic E-state index is 12.0. The normalized spacial score (nSPS) is 13.1. The third kappa shape index (κ3) is 4.29. The first-order chi connectivity index (χ1) is 7.95. The molecule has 6 heteroatoms. The number of ether oxygens (including phenoxy) is 1. The van der Waals surface area contributed by atoms with Crippen LogP contribution >= 0.6 is 7.14 Å². The van der Waals surface area contributed by atoms with Gasteiger partial charge in [0.25, 0.3) is 0 Å². The number of aromatic nitrogens is 1. The number of hydrogen-bond acceptors (Lipinski definition) is 5. The molecule has 0 amide bonds. The van der Waals surface area contributed by atoms with Crippen molar-refractivity contribution in [3.05, 3.63) is 30.1 Å². The standard InChI is InChI=1S/C11H17N2O3P/c1-16-11(14)10(17(2,3)15)13-8-9-6-4-5-7-12-9/h4-7,10,13H,8H2,1-3H3. The Hall–Kier alpha value is -1.19. The van der Waals surface area contributed by atoms with Crippen molar-refractivity contribution in [1.82, 2.24) is 10.3 Å². The van der Waals surface area contributed by atoms with Crippen LogP contribution in [0.3, 0.4) is 0 Å². The average molecular weight is 256 g/mol. The summed E-state index contributed by atoms with van der Waals surface area (Å²) in [6, 6.07) is 5.50. The molecule has 1 aromatic heterocycles. The maximum atomic E-state index is 12.0. The van der Waals surface area contributed by atoms with Gasteiger partial charge < -0.3 is 9.30 Å². The van der Waals surface area contributed by atoms with Crippen molar-refractivity contribution in [3.63, 3.8) is 0 Å². The topological polar surface area (TPSA) is 68.3 Å². The molecule has 0 aromatic carbocycles. The van der Waals surface area contributed by atoms with Crippen molar-refractivity contribution in [3.8, 4) is 0 Å². The van der Waals surface area contributed by atoms with Gasteiger partial charge in [-0.1, -0.05) is 6.07 Å². The van der Waals surface area contributed by atoms with E-state index >= 15 is 0 Å². The lowest BCUT2D eigenvalue weighted by Gasteiger charge is -2.20. The van der Waals surface area contributed by atoms with Crippen LogP contribution in [0.15, 0.2) is 24.4 Å². The molecule has 0 spiro atoms. The lowest BCUT2D eigenvalue weighted by molar-refractivity contribution is -0.140. The van der Waals surface area contributed by atoms with Crippen LogP contribution in [0.5, 0.6) is 0 Å². The number of esters is 1. The van der Waals surface area contributed by atoms with E-state index in [0.717, 1.165) is 5.69 Å². The third-order valence-corrected chi connectivity index (χ3v) is 3.89. The van der Waals surface area contributed by atoms with Crippen LogP contribution in [0.1, 0.15) is 5.69 Å². The summed E-state index contributed by atoms with van der Waals surface area (Å²) in [4.78, 5) is 15.6. The first-order valence-electron chi connectivity index (χ1n) is 5.21. The highest BCUT2D eigenvalue weighted by atomic mass is 31.2. The second kappa shape index (κ2) is 5.94. The van der Waals surface area contributed by atoms with Gasteiger partial charge in [0, 0.05) is 12.7 Å². The van der Waals surface area contributed by atoms with Gasteiger partial charge in [-0.2, -0.15) is 0 Å². The van der Waals surface area contributed by atoms with Crippen LogP contribution in [0.2, 0.25) is 0 Å². The van der Waals surface area contributed by atoms with Crippen molar-refractivity contribution in [2.45, 2.75) is 12.3 Å². The largest absolute Gasteiger partial charge is 0.467 e. The fraction of sp³-hybridized carbons (Fsp3) is 0.455. The maximum Gasteiger partial charge on any atom is 0.330 e. The zero-order valence-corrected chi connectivity index (χ0v) is 11.1. The Morgan fingerprint density at radius 2 is 2.24 bits per heavy atom.